The highest BCUT2D eigenvalue weighted by Gasteiger charge is 2.11. The number of halogens is 2. The van der Waals surface area contributed by atoms with Gasteiger partial charge in [-0.1, -0.05) is 0 Å². The number of rotatable bonds is 3. The fraction of sp³-hybridized carbons (Fsp3) is 0. The van der Waals surface area contributed by atoms with Gasteiger partial charge in [0.1, 0.15) is 17.3 Å². The highest BCUT2D eigenvalue weighted by atomic mass is 79.9. The molecule has 0 aliphatic rings. The summed E-state index contributed by atoms with van der Waals surface area (Å²) in [5.74, 6) is -0.856. The summed E-state index contributed by atoms with van der Waals surface area (Å²) in [6.45, 7) is 0. The van der Waals surface area contributed by atoms with Gasteiger partial charge in [-0.15, -0.1) is 0 Å². The second kappa shape index (κ2) is 5.27. The first kappa shape index (κ1) is 13.4. The maximum Gasteiger partial charge on any atom is 0.337 e. The van der Waals surface area contributed by atoms with E-state index in [2.05, 4.69) is 15.9 Å². The molecule has 0 radical (unpaired) electrons. The third-order valence-corrected chi connectivity index (χ3v) is 3.00. The highest BCUT2D eigenvalue weighted by Crippen LogP contribution is 2.31. The topological polar surface area (TPSA) is 72.5 Å². The Bertz CT molecular complexity index is 646. The number of nitrogen functional groups attached to an aromatic ring is 1. The Labute approximate surface area is 116 Å². The van der Waals surface area contributed by atoms with Crippen LogP contribution < -0.4 is 10.5 Å². The molecule has 98 valence electrons. The summed E-state index contributed by atoms with van der Waals surface area (Å²) >= 11 is 3.16. The largest absolute Gasteiger partial charge is 0.478 e. The lowest BCUT2D eigenvalue weighted by Crippen LogP contribution is -2.02. The van der Waals surface area contributed by atoms with Crippen molar-refractivity contribution in [2.24, 2.45) is 0 Å². The number of hydrogen-bond donors (Lipinski definition) is 2. The van der Waals surface area contributed by atoms with Crippen molar-refractivity contribution in [2.45, 2.75) is 0 Å². The Kier molecular flexibility index (Phi) is 3.71. The Morgan fingerprint density at radius 2 is 2.00 bits per heavy atom. The van der Waals surface area contributed by atoms with Crippen LogP contribution in [0.1, 0.15) is 10.4 Å². The van der Waals surface area contributed by atoms with E-state index in [0.29, 0.717) is 16.0 Å². The molecule has 0 amide bonds. The number of carbonyl (C=O) groups is 1. The van der Waals surface area contributed by atoms with Gasteiger partial charge in [0.25, 0.3) is 0 Å². The average molecular weight is 326 g/mol. The molecule has 3 N–H and O–H groups in total. The molecular formula is C13H9BrFNO3. The zero-order chi connectivity index (χ0) is 14.0. The summed E-state index contributed by atoms with van der Waals surface area (Å²) in [5.41, 5.74) is 5.64. The van der Waals surface area contributed by atoms with Crippen molar-refractivity contribution >= 4 is 27.6 Å². The monoisotopic (exact) mass is 325 g/mol. The third kappa shape index (κ3) is 3.03. The zero-order valence-electron chi connectivity index (χ0n) is 9.56. The quantitative estimate of drug-likeness (QED) is 0.844. The molecule has 2 rings (SSSR count). The molecule has 19 heavy (non-hydrogen) atoms. The Hall–Kier alpha value is -2.08. The first-order chi connectivity index (χ1) is 8.97. The van der Waals surface area contributed by atoms with Crippen LogP contribution in [0.25, 0.3) is 0 Å². The number of carboxylic acid groups (broad SMARTS) is 1. The van der Waals surface area contributed by atoms with Crippen molar-refractivity contribution in [1.82, 2.24) is 0 Å². The summed E-state index contributed by atoms with van der Waals surface area (Å²) in [6, 6.07) is 8.23. The minimum Gasteiger partial charge on any atom is -0.478 e. The summed E-state index contributed by atoms with van der Waals surface area (Å²) in [7, 11) is 0. The van der Waals surface area contributed by atoms with Crippen LogP contribution in [0, 0.1) is 5.82 Å². The SMILES string of the molecule is Nc1ccc(Oc2ccc(F)cc2Br)cc1C(=O)O. The molecule has 6 heteroatoms. The van der Waals surface area contributed by atoms with Gasteiger partial charge in [0.05, 0.1) is 10.0 Å². The van der Waals surface area contributed by atoms with Crippen molar-refractivity contribution in [3.8, 4) is 11.5 Å². The lowest BCUT2D eigenvalue weighted by atomic mass is 10.2. The van der Waals surface area contributed by atoms with E-state index < -0.39 is 11.8 Å². The summed E-state index contributed by atoms with van der Waals surface area (Å²) in [6.07, 6.45) is 0. The molecule has 0 heterocycles. The van der Waals surface area contributed by atoms with Crippen molar-refractivity contribution < 1.29 is 19.0 Å². The molecule has 0 bridgehead atoms. The first-order valence-electron chi connectivity index (χ1n) is 5.23. The number of carboxylic acids is 1. The second-order valence-corrected chi connectivity index (χ2v) is 4.59. The highest BCUT2D eigenvalue weighted by molar-refractivity contribution is 9.10. The maximum atomic E-state index is 12.9. The minimum absolute atomic E-state index is 0.0456. The van der Waals surface area contributed by atoms with E-state index in [9.17, 15) is 9.18 Å². The van der Waals surface area contributed by atoms with Crippen molar-refractivity contribution in [3.63, 3.8) is 0 Å². The second-order valence-electron chi connectivity index (χ2n) is 3.73. The molecule has 0 fully saturated rings. The van der Waals surface area contributed by atoms with Crippen LogP contribution in [-0.2, 0) is 0 Å². The molecule has 0 saturated carbocycles. The Balaban J connectivity index is 2.33. The average Bonchev–Trinajstić information content (AvgIpc) is 2.34. The predicted molar refractivity (Wildman–Crippen MR) is 72.0 cm³/mol. The van der Waals surface area contributed by atoms with Crippen molar-refractivity contribution in [1.29, 1.82) is 0 Å². The van der Waals surface area contributed by atoms with E-state index >= 15 is 0 Å². The van der Waals surface area contributed by atoms with Gasteiger partial charge in [-0.05, 0) is 52.3 Å². The maximum absolute atomic E-state index is 12.9. The zero-order valence-corrected chi connectivity index (χ0v) is 11.1. The molecule has 0 aromatic heterocycles. The van der Waals surface area contributed by atoms with Crippen LogP contribution in [0.3, 0.4) is 0 Å². The summed E-state index contributed by atoms with van der Waals surface area (Å²) in [5, 5.41) is 8.95. The Morgan fingerprint density at radius 1 is 1.26 bits per heavy atom. The fourth-order valence-corrected chi connectivity index (χ4v) is 1.90. The summed E-state index contributed by atoms with van der Waals surface area (Å²) in [4.78, 5) is 10.9. The molecule has 0 spiro atoms. The number of nitrogens with two attached hydrogens (primary N) is 1. The van der Waals surface area contributed by atoms with Gasteiger partial charge in [0.2, 0.25) is 0 Å². The molecule has 0 saturated heterocycles. The van der Waals surface area contributed by atoms with E-state index in [-0.39, 0.29) is 11.3 Å². The lowest BCUT2D eigenvalue weighted by Gasteiger charge is -2.09. The Morgan fingerprint density at radius 3 is 2.63 bits per heavy atom. The number of ether oxygens (including phenoxy) is 1. The van der Waals surface area contributed by atoms with Gasteiger partial charge in [0.15, 0.2) is 0 Å². The fourth-order valence-electron chi connectivity index (χ4n) is 1.47. The lowest BCUT2D eigenvalue weighted by molar-refractivity contribution is 0.0697. The van der Waals surface area contributed by atoms with Gasteiger partial charge in [-0.3, -0.25) is 0 Å². The summed E-state index contributed by atoms with van der Waals surface area (Å²) < 4.78 is 18.8. The molecule has 0 aliphatic carbocycles. The number of aromatic carboxylic acids is 1. The minimum atomic E-state index is -1.14. The van der Waals surface area contributed by atoms with Gasteiger partial charge in [-0.2, -0.15) is 0 Å². The van der Waals surface area contributed by atoms with Crippen molar-refractivity contribution in [3.05, 3.63) is 52.3 Å². The molecule has 0 aliphatic heterocycles. The molecule has 2 aromatic rings. The van der Waals surface area contributed by atoms with Gasteiger partial charge in [-0.25, -0.2) is 9.18 Å². The number of anilines is 1. The number of benzene rings is 2. The molecule has 4 nitrogen and oxygen atoms in total. The molecule has 0 unspecified atom stereocenters. The first-order valence-corrected chi connectivity index (χ1v) is 6.02. The smallest absolute Gasteiger partial charge is 0.337 e. The van der Waals surface area contributed by atoms with Crippen LogP contribution in [0.2, 0.25) is 0 Å². The normalized spacial score (nSPS) is 10.2. The van der Waals surface area contributed by atoms with Gasteiger partial charge in [0, 0.05) is 5.69 Å². The molecule has 0 atom stereocenters. The van der Waals surface area contributed by atoms with Gasteiger partial charge >= 0.3 is 5.97 Å². The van der Waals surface area contributed by atoms with Crippen LogP contribution in [0.4, 0.5) is 10.1 Å². The van der Waals surface area contributed by atoms with Crippen LogP contribution in [-0.4, -0.2) is 11.1 Å². The van der Waals surface area contributed by atoms with Crippen molar-refractivity contribution in [2.75, 3.05) is 5.73 Å². The van der Waals surface area contributed by atoms with Crippen LogP contribution in [0.5, 0.6) is 11.5 Å². The van der Waals surface area contributed by atoms with Crippen LogP contribution in [0.15, 0.2) is 40.9 Å². The van der Waals surface area contributed by atoms with Crippen LogP contribution >= 0.6 is 15.9 Å². The molecule has 2 aromatic carbocycles. The van der Waals surface area contributed by atoms with E-state index in [0.717, 1.165) is 0 Å². The van der Waals surface area contributed by atoms with E-state index in [1.54, 1.807) is 0 Å². The standard InChI is InChI=1S/C13H9BrFNO3/c14-10-5-7(15)1-4-12(10)19-8-2-3-11(16)9(6-8)13(17)18/h1-6H,16H2,(H,17,18). The number of hydrogen-bond acceptors (Lipinski definition) is 3. The van der Waals surface area contributed by atoms with E-state index in [1.165, 1.54) is 36.4 Å². The third-order valence-electron chi connectivity index (χ3n) is 2.38. The predicted octanol–water partition coefficient (Wildman–Crippen LogP) is 3.66. The van der Waals surface area contributed by atoms with E-state index in [4.69, 9.17) is 15.6 Å². The van der Waals surface area contributed by atoms with E-state index in [1.807, 2.05) is 0 Å². The molecular weight excluding hydrogens is 317 g/mol. The van der Waals surface area contributed by atoms with Gasteiger partial charge < -0.3 is 15.6 Å².